The molecule has 3 aromatic carbocycles. The van der Waals surface area contributed by atoms with Gasteiger partial charge < -0.3 is 10.3 Å². The standard InChI is InChI=1S/C25H23N3O2/c29-24(27-26-20-8-2-1-3-9-20)19-14-12-17(13-15-19)16-28-22-11-5-7-18-6-4-10-21(23(18)22)25(28)30/h4-8,10-15,26H,1-3,9,16H2,(H,27,29). The zero-order chi connectivity index (χ0) is 20.5. The van der Waals surface area contributed by atoms with E-state index in [1.54, 1.807) is 12.1 Å². The van der Waals surface area contributed by atoms with Crippen LogP contribution in [0.4, 0.5) is 5.69 Å². The van der Waals surface area contributed by atoms with Crippen molar-refractivity contribution in [2.45, 2.75) is 32.2 Å². The Morgan fingerprint density at radius 1 is 0.967 bits per heavy atom. The van der Waals surface area contributed by atoms with E-state index in [0.29, 0.717) is 12.1 Å². The third-order valence-electron chi connectivity index (χ3n) is 5.83. The zero-order valence-electron chi connectivity index (χ0n) is 16.7. The summed E-state index contributed by atoms with van der Waals surface area (Å²) >= 11 is 0. The normalized spacial score (nSPS) is 15.3. The average molecular weight is 397 g/mol. The number of carbonyl (C=O) groups is 2. The summed E-state index contributed by atoms with van der Waals surface area (Å²) in [6, 6.07) is 19.3. The van der Waals surface area contributed by atoms with Crippen molar-refractivity contribution >= 4 is 28.3 Å². The van der Waals surface area contributed by atoms with E-state index in [-0.39, 0.29) is 11.8 Å². The second-order valence-electron chi connectivity index (χ2n) is 7.82. The number of hydrogen-bond donors (Lipinski definition) is 2. The van der Waals surface area contributed by atoms with Crippen molar-refractivity contribution < 1.29 is 9.59 Å². The predicted octanol–water partition coefficient (Wildman–Crippen LogP) is 4.69. The molecule has 0 aromatic heterocycles. The van der Waals surface area contributed by atoms with Gasteiger partial charge in [-0.3, -0.25) is 15.0 Å². The molecule has 0 fully saturated rings. The Hall–Kier alpha value is -3.60. The zero-order valence-corrected chi connectivity index (χ0v) is 16.7. The molecule has 3 aromatic rings. The van der Waals surface area contributed by atoms with Crippen molar-refractivity contribution in [1.82, 2.24) is 10.9 Å². The first-order valence-corrected chi connectivity index (χ1v) is 10.4. The van der Waals surface area contributed by atoms with Crippen molar-refractivity contribution in [3.63, 3.8) is 0 Å². The number of anilines is 1. The Labute approximate surface area is 175 Å². The number of hydrogen-bond acceptors (Lipinski definition) is 3. The molecule has 2 aliphatic rings. The van der Waals surface area contributed by atoms with E-state index in [9.17, 15) is 9.59 Å². The molecule has 0 spiro atoms. The molecular weight excluding hydrogens is 374 g/mol. The molecule has 2 N–H and O–H groups in total. The van der Waals surface area contributed by atoms with E-state index < -0.39 is 0 Å². The lowest BCUT2D eigenvalue weighted by Crippen LogP contribution is -2.37. The monoisotopic (exact) mass is 397 g/mol. The molecule has 1 aliphatic carbocycles. The van der Waals surface area contributed by atoms with Crippen LogP contribution in [0.1, 0.15) is 52.0 Å². The summed E-state index contributed by atoms with van der Waals surface area (Å²) in [5.41, 5.74) is 10.1. The molecule has 5 nitrogen and oxygen atoms in total. The summed E-state index contributed by atoms with van der Waals surface area (Å²) in [5.74, 6) is -0.143. The Kier molecular flexibility index (Phi) is 4.71. The molecule has 1 heterocycles. The second kappa shape index (κ2) is 7.67. The van der Waals surface area contributed by atoms with E-state index in [1.165, 1.54) is 6.42 Å². The Bertz CT molecular complexity index is 1160. The van der Waals surface area contributed by atoms with Gasteiger partial charge in [0.15, 0.2) is 0 Å². The first kappa shape index (κ1) is 18.4. The van der Waals surface area contributed by atoms with Gasteiger partial charge in [0.1, 0.15) is 0 Å². The lowest BCUT2D eigenvalue weighted by Gasteiger charge is -2.18. The fourth-order valence-electron chi connectivity index (χ4n) is 4.24. The van der Waals surface area contributed by atoms with Crippen LogP contribution in [0.15, 0.2) is 72.4 Å². The fraction of sp³-hybridized carbons (Fsp3) is 0.200. The molecule has 0 unspecified atom stereocenters. The molecule has 150 valence electrons. The number of benzene rings is 3. The first-order chi connectivity index (χ1) is 14.7. The molecule has 0 saturated carbocycles. The van der Waals surface area contributed by atoms with Gasteiger partial charge in [-0.15, -0.1) is 0 Å². The lowest BCUT2D eigenvalue weighted by molar-refractivity contribution is 0.0936. The molecule has 0 radical (unpaired) electrons. The number of hydrazine groups is 1. The smallest absolute Gasteiger partial charge is 0.269 e. The summed E-state index contributed by atoms with van der Waals surface area (Å²) in [5, 5.41) is 2.09. The van der Waals surface area contributed by atoms with E-state index in [0.717, 1.165) is 52.5 Å². The van der Waals surface area contributed by atoms with Gasteiger partial charge in [-0.25, -0.2) is 0 Å². The van der Waals surface area contributed by atoms with Crippen LogP contribution in [-0.4, -0.2) is 11.8 Å². The Balaban J connectivity index is 1.29. The number of nitrogens with zero attached hydrogens (tertiary/aromatic N) is 1. The quantitative estimate of drug-likeness (QED) is 0.614. The van der Waals surface area contributed by atoms with Crippen molar-refractivity contribution in [2.75, 3.05) is 4.90 Å². The van der Waals surface area contributed by atoms with Crippen molar-refractivity contribution in [3.05, 3.63) is 89.1 Å². The Morgan fingerprint density at radius 2 is 1.77 bits per heavy atom. The highest BCUT2D eigenvalue weighted by molar-refractivity contribution is 6.24. The van der Waals surface area contributed by atoms with Crippen LogP contribution in [0, 0.1) is 0 Å². The summed E-state index contributed by atoms with van der Waals surface area (Å²) in [7, 11) is 0. The number of nitrogens with one attached hydrogen (secondary N) is 2. The molecule has 30 heavy (non-hydrogen) atoms. The highest BCUT2D eigenvalue weighted by Crippen LogP contribution is 2.37. The van der Waals surface area contributed by atoms with Gasteiger partial charge in [0.25, 0.3) is 11.8 Å². The molecule has 0 bridgehead atoms. The van der Waals surface area contributed by atoms with E-state index in [1.807, 2.05) is 53.4 Å². The van der Waals surface area contributed by atoms with Crippen LogP contribution < -0.4 is 15.8 Å². The molecule has 0 saturated heterocycles. The van der Waals surface area contributed by atoms with Crippen LogP contribution >= 0.6 is 0 Å². The number of carbonyl (C=O) groups excluding carboxylic acids is 2. The maximum Gasteiger partial charge on any atom is 0.269 e. The average Bonchev–Trinajstić information content (AvgIpc) is 3.07. The lowest BCUT2D eigenvalue weighted by atomic mass is 10.1. The highest BCUT2D eigenvalue weighted by atomic mass is 16.2. The van der Waals surface area contributed by atoms with Gasteiger partial charge in [-0.05, 0) is 60.9 Å². The molecule has 0 atom stereocenters. The van der Waals surface area contributed by atoms with Crippen LogP contribution in [-0.2, 0) is 6.54 Å². The molecular formula is C25H23N3O2. The number of rotatable bonds is 5. The van der Waals surface area contributed by atoms with Crippen LogP contribution in [0.3, 0.4) is 0 Å². The van der Waals surface area contributed by atoms with Crippen LogP contribution in [0.25, 0.3) is 10.8 Å². The van der Waals surface area contributed by atoms with Gasteiger partial charge in [0.05, 0.1) is 12.2 Å². The number of allylic oxidation sites excluding steroid dienone is 2. The van der Waals surface area contributed by atoms with Gasteiger partial charge in [0.2, 0.25) is 0 Å². The van der Waals surface area contributed by atoms with E-state index in [2.05, 4.69) is 16.9 Å². The van der Waals surface area contributed by atoms with E-state index >= 15 is 0 Å². The van der Waals surface area contributed by atoms with Gasteiger partial charge >= 0.3 is 0 Å². The summed E-state index contributed by atoms with van der Waals surface area (Å²) < 4.78 is 0. The van der Waals surface area contributed by atoms with Crippen LogP contribution in [0.5, 0.6) is 0 Å². The highest BCUT2D eigenvalue weighted by Gasteiger charge is 2.29. The first-order valence-electron chi connectivity index (χ1n) is 10.4. The predicted molar refractivity (Wildman–Crippen MR) is 118 cm³/mol. The minimum absolute atomic E-state index is 0.0218. The maximum absolute atomic E-state index is 12.9. The Morgan fingerprint density at radius 3 is 2.53 bits per heavy atom. The molecule has 5 heteroatoms. The number of amides is 2. The molecule has 1 aliphatic heterocycles. The van der Waals surface area contributed by atoms with Gasteiger partial charge in [-0.1, -0.05) is 42.5 Å². The van der Waals surface area contributed by atoms with Crippen molar-refractivity contribution in [1.29, 1.82) is 0 Å². The third kappa shape index (κ3) is 3.32. The third-order valence-corrected chi connectivity index (χ3v) is 5.83. The van der Waals surface area contributed by atoms with Crippen molar-refractivity contribution in [3.8, 4) is 0 Å². The summed E-state index contributed by atoms with van der Waals surface area (Å²) in [6.07, 6.45) is 6.52. The molecule has 2 amide bonds. The van der Waals surface area contributed by atoms with Gasteiger partial charge in [0, 0.05) is 22.2 Å². The van der Waals surface area contributed by atoms with Crippen LogP contribution in [0.2, 0.25) is 0 Å². The maximum atomic E-state index is 12.9. The SMILES string of the molecule is O=C(NNC1=CCCCC1)c1ccc(CN2C(=O)c3cccc4cccc2c34)cc1. The van der Waals surface area contributed by atoms with Crippen molar-refractivity contribution in [2.24, 2.45) is 0 Å². The summed E-state index contributed by atoms with van der Waals surface area (Å²) in [6.45, 7) is 0.472. The largest absolute Gasteiger partial charge is 0.303 e. The minimum atomic E-state index is -0.164. The summed E-state index contributed by atoms with van der Waals surface area (Å²) in [4.78, 5) is 27.2. The van der Waals surface area contributed by atoms with Gasteiger partial charge in [-0.2, -0.15) is 0 Å². The molecule has 5 rings (SSSR count). The topological polar surface area (TPSA) is 61.4 Å². The second-order valence-corrected chi connectivity index (χ2v) is 7.82. The van der Waals surface area contributed by atoms with E-state index in [4.69, 9.17) is 0 Å². The fourth-order valence-corrected chi connectivity index (χ4v) is 4.24. The minimum Gasteiger partial charge on any atom is -0.303 e.